The van der Waals surface area contributed by atoms with Crippen molar-refractivity contribution in [1.29, 1.82) is 0 Å². The Morgan fingerprint density at radius 3 is 2.83 bits per heavy atom. The zero-order valence-corrected chi connectivity index (χ0v) is 10.9. The Morgan fingerprint density at radius 2 is 2.17 bits per heavy atom. The van der Waals surface area contributed by atoms with Gasteiger partial charge in [-0.2, -0.15) is 0 Å². The van der Waals surface area contributed by atoms with Gasteiger partial charge in [-0.15, -0.1) is 0 Å². The van der Waals surface area contributed by atoms with Gasteiger partial charge < -0.3 is 10.9 Å². The van der Waals surface area contributed by atoms with Gasteiger partial charge in [0.2, 0.25) is 0 Å². The van der Waals surface area contributed by atoms with Gasteiger partial charge in [-0.05, 0) is 11.6 Å². The third-order valence-corrected chi connectivity index (χ3v) is 4.28. The van der Waals surface area contributed by atoms with Crippen LogP contribution in [0, 0.1) is 0 Å². The fourth-order valence-corrected chi connectivity index (χ4v) is 3.11. The Labute approximate surface area is 109 Å². The second-order valence-corrected chi connectivity index (χ2v) is 6.01. The maximum absolute atomic E-state index is 11.3. The number of benzene rings is 1. The van der Waals surface area contributed by atoms with Crippen molar-refractivity contribution in [3.8, 4) is 0 Å². The summed E-state index contributed by atoms with van der Waals surface area (Å²) in [6.45, 7) is 2.53. The highest BCUT2D eigenvalue weighted by Crippen LogP contribution is 2.10. The molecule has 0 unspecified atom stereocenters. The third-order valence-electron chi connectivity index (χ3n) is 3.01. The molecule has 0 atom stereocenters. The minimum Gasteiger partial charge on any atom is -0.409 e. The highest BCUT2D eigenvalue weighted by Gasteiger charge is 2.15. The second kappa shape index (κ2) is 5.97. The van der Waals surface area contributed by atoms with Crippen LogP contribution in [0.3, 0.4) is 0 Å². The average molecular weight is 267 g/mol. The van der Waals surface area contributed by atoms with E-state index in [1.807, 2.05) is 24.3 Å². The monoisotopic (exact) mass is 267 g/mol. The molecule has 0 amide bonds. The molecular formula is C12H17N3O2S. The van der Waals surface area contributed by atoms with Gasteiger partial charge in [0.1, 0.15) is 0 Å². The van der Waals surface area contributed by atoms with Crippen molar-refractivity contribution in [3.63, 3.8) is 0 Å². The molecule has 0 aliphatic carbocycles. The summed E-state index contributed by atoms with van der Waals surface area (Å²) in [5.41, 5.74) is 7.40. The Kier molecular flexibility index (Phi) is 4.33. The quantitative estimate of drug-likeness (QED) is 0.358. The van der Waals surface area contributed by atoms with E-state index in [0.717, 1.165) is 42.3 Å². The molecule has 0 spiro atoms. The first-order valence-corrected chi connectivity index (χ1v) is 7.32. The maximum atomic E-state index is 11.3. The zero-order chi connectivity index (χ0) is 13.0. The summed E-state index contributed by atoms with van der Waals surface area (Å²) in [6, 6.07) is 7.63. The lowest BCUT2D eigenvalue weighted by atomic mass is 10.1. The zero-order valence-electron chi connectivity index (χ0n) is 10.1. The number of nitrogens with two attached hydrogens (primary N) is 1. The van der Waals surface area contributed by atoms with E-state index in [-0.39, 0.29) is 5.84 Å². The molecule has 1 aromatic carbocycles. The van der Waals surface area contributed by atoms with E-state index in [1.165, 1.54) is 0 Å². The van der Waals surface area contributed by atoms with Gasteiger partial charge >= 0.3 is 0 Å². The van der Waals surface area contributed by atoms with E-state index in [4.69, 9.17) is 10.9 Å². The van der Waals surface area contributed by atoms with Gasteiger partial charge in [-0.3, -0.25) is 9.11 Å². The van der Waals surface area contributed by atoms with Gasteiger partial charge in [-0.25, -0.2) is 0 Å². The predicted molar refractivity (Wildman–Crippen MR) is 72.1 cm³/mol. The summed E-state index contributed by atoms with van der Waals surface area (Å²) in [6.07, 6.45) is 0. The molecule has 2 rings (SSSR count). The number of hydrogen-bond acceptors (Lipinski definition) is 4. The molecule has 1 heterocycles. The Hall–Kier alpha value is -1.40. The normalized spacial score (nSPS) is 19.0. The van der Waals surface area contributed by atoms with E-state index in [2.05, 4.69) is 10.1 Å². The molecule has 1 aromatic rings. The van der Waals surface area contributed by atoms with Crippen LogP contribution in [-0.4, -0.2) is 44.7 Å². The molecule has 6 heteroatoms. The first kappa shape index (κ1) is 13.0. The Morgan fingerprint density at radius 1 is 1.44 bits per heavy atom. The molecule has 1 aliphatic heterocycles. The van der Waals surface area contributed by atoms with Crippen LogP contribution in [0.4, 0.5) is 0 Å². The van der Waals surface area contributed by atoms with E-state index in [1.54, 1.807) is 0 Å². The van der Waals surface area contributed by atoms with Crippen LogP contribution in [0.5, 0.6) is 0 Å². The molecular weight excluding hydrogens is 250 g/mol. The smallest absolute Gasteiger partial charge is 0.170 e. The fourth-order valence-electron chi connectivity index (χ4n) is 1.98. The summed E-state index contributed by atoms with van der Waals surface area (Å²) in [5, 5.41) is 11.6. The highest BCUT2D eigenvalue weighted by molar-refractivity contribution is 7.85. The summed E-state index contributed by atoms with van der Waals surface area (Å²) >= 11 is 0. The Balaban J connectivity index is 2.03. The molecule has 1 fully saturated rings. The van der Waals surface area contributed by atoms with Crippen LogP contribution in [0.25, 0.3) is 0 Å². The van der Waals surface area contributed by atoms with Crippen LogP contribution in [0.2, 0.25) is 0 Å². The topological polar surface area (TPSA) is 78.9 Å². The van der Waals surface area contributed by atoms with E-state index in [9.17, 15) is 4.21 Å². The van der Waals surface area contributed by atoms with Crippen molar-refractivity contribution in [1.82, 2.24) is 4.90 Å². The summed E-state index contributed by atoms with van der Waals surface area (Å²) < 4.78 is 11.3. The van der Waals surface area contributed by atoms with E-state index < -0.39 is 10.8 Å². The Bertz CT molecular complexity index is 466. The standard InChI is InChI=1S/C12H17N3O2S/c13-12(14-16)11-3-1-2-10(8-11)9-15-4-6-18(17)7-5-15/h1-3,8,16H,4-7,9H2,(H2,13,14). The summed E-state index contributed by atoms with van der Waals surface area (Å²) in [5.74, 6) is 1.62. The third kappa shape index (κ3) is 3.30. The molecule has 1 saturated heterocycles. The molecule has 1 aliphatic rings. The van der Waals surface area contributed by atoms with Gasteiger partial charge in [0, 0.05) is 47.5 Å². The van der Waals surface area contributed by atoms with Crippen molar-refractivity contribution in [3.05, 3.63) is 35.4 Å². The maximum Gasteiger partial charge on any atom is 0.170 e. The van der Waals surface area contributed by atoms with Crippen molar-refractivity contribution in [2.45, 2.75) is 6.54 Å². The number of oxime groups is 1. The van der Waals surface area contributed by atoms with Crippen LogP contribution in [-0.2, 0) is 17.3 Å². The predicted octanol–water partition coefficient (Wildman–Crippen LogP) is 0.345. The van der Waals surface area contributed by atoms with Crippen LogP contribution in [0.1, 0.15) is 11.1 Å². The first-order chi connectivity index (χ1) is 8.69. The van der Waals surface area contributed by atoms with Crippen LogP contribution < -0.4 is 5.73 Å². The first-order valence-electron chi connectivity index (χ1n) is 5.83. The lowest BCUT2D eigenvalue weighted by Crippen LogP contribution is -2.37. The van der Waals surface area contributed by atoms with Crippen LogP contribution >= 0.6 is 0 Å². The van der Waals surface area contributed by atoms with E-state index in [0.29, 0.717) is 0 Å². The van der Waals surface area contributed by atoms with Crippen molar-refractivity contribution in [2.24, 2.45) is 10.9 Å². The van der Waals surface area contributed by atoms with Gasteiger partial charge in [0.15, 0.2) is 5.84 Å². The molecule has 0 saturated carbocycles. The van der Waals surface area contributed by atoms with E-state index >= 15 is 0 Å². The summed E-state index contributed by atoms with van der Waals surface area (Å²) in [4.78, 5) is 2.27. The van der Waals surface area contributed by atoms with Crippen molar-refractivity contribution >= 4 is 16.6 Å². The molecule has 18 heavy (non-hydrogen) atoms. The number of amidine groups is 1. The molecule has 0 radical (unpaired) electrons. The van der Waals surface area contributed by atoms with Crippen LogP contribution in [0.15, 0.2) is 29.4 Å². The summed E-state index contributed by atoms with van der Waals surface area (Å²) in [7, 11) is -0.646. The fraction of sp³-hybridized carbons (Fsp3) is 0.417. The minimum atomic E-state index is -0.646. The lowest BCUT2D eigenvalue weighted by Gasteiger charge is -2.26. The van der Waals surface area contributed by atoms with Gasteiger partial charge in [-0.1, -0.05) is 23.4 Å². The van der Waals surface area contributed by atoms with Crippen molar-refractivity contribution < 1.29 is 9.42 Å². The number of rotatable bonds is 3. The largest absolute Gasteiger partial charge is 0.409 e. The molecule has 3 N–H and O–H groups in total. The highest BCUT2D eigenvalue weighted by atomic mass is 32.2. The van der Waals surface area contributed by atoms with Crippen molar-refractivity contribution in [2.75, 3.05) is 24.6 Å². The van der Waals surface area contributed by atoms with Gasteiger partial charge in [0.25, 0.3) is 0 Å². The number of hydrogen-bond donors (Lipinski definition) is 2. The average Bonchev–Trinajstić information content (AvgIpc) is 2.41. The molecule has 0 aromatic heterocycles. The molecule has 5 nitrogen and oxygen atoms in total. The lowest BCUT2D eigenvalue weighted by molar-refractivity contribution is 0.291. The molecule has 98 valence electrons. The number of nitrogens with zero attached hydrogens (tertiary/aromatic N) is 2. The minimum absolute atomic E-state index is 0.122. The second-order valence-electron chi connectivity index (χ2n) is 4.31. The molecule has 0 bridgehead atoms. The SMILES string of the molecule is N/C(=N/O)c1cccc(CN2CCS(=O)CC2)c1. The van der Waals surface area contributed by atoms with Gasteiger partial charge in [0.05, 0.1) is 0 Å².